The third kappa shape index (κ3) is 2.46. The van der Waals surface area contributed by atoms with Crippen molar-refractivity contribution in [2.45, 2.75) is 23.6 Å². The molecule has 3 nitrogen and oxygen atoms in total. The highest BCUT2D eigenvalue weighted by atomic mass is 32.2. The molecule has 0 amide bonds. The molecule has 1 aromatic rings. The maximum Gasteiger partial charge on any atom is 0.438 e. The van der Waals surface area contributed by atoms with Crippen molar-refractivity contribution in [3.63, 3.8) is 0 Å². The number of nitrogens with two attached hydrogens (primary N) is 1. The summed E-state index contributed by atoms with van der Waals surface area (Å²) in [6.45, 7) is 0. The smallest absolute Gasteiger partial charge is 0.378 e. The molecule has 0 aromatic heterocycles. The lowest BCUT2D eigenvalue weighted by Gasteiger charge is -2.34. The van der Waals surface area contributed by atoms with Crippen LogP contribution in [0.3, 0.4) is 0 Å². The van der Waals surface area contributed by atoms with Crippen molar-refractivity contribution in [3.8, 4) is 0 Å². The van der Waals surface area contributed by atoms with Crippen LogP contribution >= 0.6 is 11.8 Å². The fraction of sp³-hybridized carbons (Fsp3) is 0.364. The lowest BCUT2D eigenvalue weighted by Crippen LogP contribution is -2.47. The van der Waals surface area contributed by atoms with Crippen molar-refractivity contribution in [1.29, 1.82) is 0 Å². The van der Waals surface area contributed by atoms with E-state index in [9.17, 15) is 18.3 Å². The van der Waals surface area contributed by atoms with Gasteiger partial charge >= 0.3 is 6.18 Å². The van der Waals surface area contributed by atoms with Crippen molar-refractivity contribution in [1.82, 2.24) is 0 Å². The largest absolute Gasteiger partial charge is 0.438 e. The maximum absolute atomic E-state index is 12.8. The molecule has 0 aliphatic carbocycles. The Balaban J connectivity index is 2.32. The number of halogens is 3. The second kappa shape index (κ2) is 4.47. The van der Waals surface area contributed by atoms with Crippen molar-refractivity contribution < 1.29 is 18.3 Å². The zero-order chi connectivity index (χ0) is 13.4. The van der Waals surface area contributed by atoms with Gasteiger partial charge in [0, 0.05) is 11.7 Å². The second-order valence-electron chi connectivity index (χ2n) is 3.99. The molecule has 7 heteroatoms. The molecule has 1 heterocycles. The summed E-state index contributed by atoms with van der Waals surface area (Å²) in [5.41, 5.74) is 2.98. The van der Waals surface area contributed by atoms with Gasteiger partial charge in [-0.15, -0.1) is 0 Å². The molecule has 2 atom stereocenters. The molecule has 1 aliphatic heterocycles. The minimum absolute atomic E-state index is 0.255. The molecule has 0 saturated heterocycles. The molecule has 3 N–H and O–H groups in total. The first-order valence-electron chi connectivity index (χ1n) is 5.18. The van der Waals surface area contributed by atoms with Crippen LogP contribution in [0, 0.1) is 0 Å². The summed E-state index contributed by atoms with van der Waals surface area (Å²) in [4.78, 5) is 3.15. The monoisotopic (exact) mass is 276 g/mol. The average molecular weight is 276 g/mol. The lowest BCUT2D eigenvalue weighted by molar-refractivity contribution is -0.259. The van der Waals surface area contributed by atoms with Crippen LogP contribution in [0.2, 0.25) is 0 Å². The zero-order valence-corrected chi connectivity index (χ0v) is 10.0. The van der Waals surface area contributed by atoms with Crippen molar-refractivity contribution in [2.75, 3.05) is 0 Å². The van der Waals surface area contributed by atoms with E-state index in [1.54, 1.807) is 30.3 Å². The highest BCUT2D eigenvalue weighted by Crippen LogP contribution is 2.47. The molecule has 1 aromatic carbocycles. The number of hydrogen-bond donors (Lipinski definition) is 2. The van der Waals surface area contributed by atoms with Crippen LogP contribution in [0.25, 0.3) is 0 Å². The highest BCUT2D eigenvalue weighted by Gasteiger charge is 2.57. The fourth-order valence-corrected chi connectivity index (χ4v) is 2.84. The van der Waals surface area contributed by atoms with Crippen LogP contribution in [0.1, 0.15) is 17.2 Å². The molecular formula is C11H11F3N2OS. The van der Waals surface area contributed by atoms with Gasteiger partial charge in [-0.3, -0.25) is 0 Å². The topological polar surface area (TPSA) is 58.6 Å². The molecule has 98 valence electrons. The van der Waals surface area contributed by atoms with E-state index in [0.29, 0.717) is 5.56 Å². The van der Waals surface area contributed by atoms with Crippen LogP contribution in [0.15, 0.2) is 35.3 Å². The summed E-state index contributed by atoms with van der Waals surface area (Å²) in [7, 11) is 0. The molecule has 0 bridgehead atoms. The van der Waals surface area contributed by atoms with Crippen LogP contribution in [-0.4, -0.2) is 22.2 Å². The Labute approximate surface area is 106 Å². The minimum Gasteiger partial charge on any atom is -0.378 e. The normalized spacial score (nSPS) is 28.9. The average Bonchev–Trinajstić information content (AvgIpc) is 2.27. The van der Waals surface area contributed by atoms with Gasteiger partial charge < -0.3 is 10.8 Å². The van der Waals surface area contributed by atoms with E-state index < -0.39 is 23.6 Å². The Kier molecular flexibility index (Phi) is 3.29. The molecule has 0 saturated carbocycles. The molecule has 2 rings (SSSR count). The van der Waals surface area contributed by atoms with Gasteiger partial charge in [-0.2, -0.15) is 13.2 Å². The van der Waals surface area contributed by atoms with E-state index in [-0.39, 0.29) is 5.17 Å². The summed E-state index contributed by atoms with van der Waals surface area (Å²) in [5, 5.41) is 8.79. The standard InChI is InChI=1S/C11H11F3N2OS/c12-11(13,14)10(17)6-8(18-9(15)16-10)7-4-2-1-3-5-7/h1-5,8,17H,6H2,(H2,15,16). The number of aliphatic hydroxyl groups is 1. The van der Waals surface area contributed by atoms with E-state index in [1.807, 2.05) is 0 Å². The molecule has 0 spiro atoms. The Morgan fingerprint density at radius 1 is 1.33 bits per heavy atom. The highest BCUT2D eigenvalue weighted by molar-refractivity contribution is 8.14. The Bertz CT molecular complexity index is 463. The number of hydrogen-bond acceptors (Lipinski definition) is 4. The number of nitrogens with zero attached hydrogens (tertiary/aromatic N) is 1. The second-order valence-corrected chi connectivity index (χ2v) is 5.21. The maximum atomic E-state index is 12.8. The Morgan fingerprint density at radius 3 is 2.50 bits per heavy atom. The molecule has 0 radical (unpaired) electrons. The molecular weight excluding hydrogens is 265 g/mol. The summed E-state index contributed by atoms with van der Waals surface area (Å²) >= 11 is 1.03. The first-order valence-corrected chi connectivity index (χ1v) is 6.06. The molecule has 2 unspecified atom stereocenters. The van der Waals surface area contributed by atoms with E-state index in [1.165, 1.54) is 0 Å². The summed E-state index contributed by atoms with van der Waals surface area (Å²) < 4.78 is 38.3. The summed E-state index contributed by atoms with van der Waals surface area (Å²) in [5.74, 6) is 0. The first-order chi connectivity index (χ1) is 8.32. The van der Waals surface area contributed by atoms with Gasteiger partial charge in [0.05, 0.1) is 0 Å². The van der Waals surface area contributed by atoms with Crippen LogP contribution in [-0.2, 0) is 0 Å². The van der Waals surface area contributed by atoms with E-state index in [4.69, 9.17) is 5.73 Å². The minimum atomic E-state index is -4.83. The predicted octanol–water partition coefficient (Wildman–Crippen LogP) is 2.43. The van der Waals surface area contributed by atoms with Gasteiger partial charge in [0.25, 0.3) is 5.72 Å². The molecule has 18 heavy (non-hydrogen) atoms. The molecule has 1 aliphatic rings. The lowest BCUT2D eigenvalue weighted by atomic mass is 10.0. The third-order valence-corrected chi connectivity index (χ3v) is 3.71. The van der Waals surface area contributed by atoms with E-state index >= 15 is 0 Å². The Morgan fingerprint density at radius 2 is 1.94 bits per heavy atom. The van der Waals surface area contributed by atoms with Crippen molar-refractivity contribution >= 4 is 16.9 Å². The van der Waals surface area contributed by atoms with Crippen molar-refractivity contribution in [3.05, 3.63) is 35.9 Å². The van der Waals surface area contributed by atoms with Crippen LogP contribution in [0.4, 0.5) is 13.2 Å². The van der Waals surface area contributed by atoms with Gasteiger partial charge in [0.1, 0.15) is 0 Å². The van der Waals surface area contributed by atoms with E-state index in [0.717, 1.165) is 11.8 Å². The van der Waals surface area contributed by atoms with Gasteiger partial charge in [-0.25, -0.2) is 4.99 Å². The van der Waals surface area contributed by atoms with Crippen LogP contribution < -0.4 is 5.73 Å². The van der Waals surface area contributed by atoms with Crippen LogP contribution in [0.5, 0.6) is 0 Å². The van der Waals surface area contributed by atoms with Gasteiger partial charge in [0.15, 0.2) is 5.17 Å². The van der Waals surface area contributed by atoms with Gasteiger partial charge in [-0.1, -0.05) is 42.1 Å². The SMILES string of the molecule is NC1=NC(O)(C(F)(F)F)CC(c2ccccc2)S1. The van der Waals surface area contributed by atoms with Gasteiger partial charge in [0.2, 0.25) is 0 Å². The quantitative estimate of drug-likeness (QED) is 0.828. The number of rotatable bonds is 1. The Hall–Kier alpha value is -1.21. The number of alkyl halides is 3. The predicted molar refractivity (Wildman–Crippen MR) is 64.0 cm³/mol. The van der Waals surface area contributed by atoms with E-state index in [2.05, 4.69) is 4.99 Å². The summed E-state index contributed by atoms with van der Waals surface area (Å²) in [6, 6.07) is 8.62. The zero-order valence-electron chi connectivity index (χ0n) is 9.19. The molecule has 0 fully saturated rings. The fourth-order valence-electron chi connectivity index (χ4n) is 1.73. The van der Waals surface area contributed by atoms with Crippen molar-refractivity contribution in [2.24, 2.45) is 10.7 Å². The number of benzene rings is 1. The number of amidine groups is 1. The first kappa shape index (κ1) is 13.2. The number of aliphatic imine (C=N–C) groups is 1. The van der Waals surface area contributed by atoms with Gasteiger partial charge in [-0.05, 0) is 5.56 Å². The third-order valence-electron chi connectivity index (χ3n) is 2.65. The summed E-state index contributed by atoms with van der Waals surface area (Å²) in [6.07, 6.45) is -5.36. The number of thioether (sulfide) groups is 1.